The first-order valence-electron chi connectivity index (χ1n) is 6.57. The van der Waals surface area contributed by atoms with Gasteiger partial charge in [0.05, 0.1) is 0 Å². The second-order valence-electron chi connectivity index (χ2n) is 4.58. The van der Waals surface area contributed by atoms with Gasteiger partial charge in [-0.1, -0.05) is 13.0 Å². The van der Waals surface area contributed by atoms with Crippen molar-refractivity contribution in [3.8, 4) is 11.8 Å². The standard InChI is InChI=1S/C15H18FN3O/c1-4-17-8-12-9-18-15(19-11(12)3)20-14-7-10(2)5-6-13(14)16/h5-7,9,17H,4,8H2,1-3H3. The summed E-state index contributed by atoms with van der Waals surface area (Å²) in [7, 11) is 0. The summed E-state index contributed by atoms with van der Waals surface area (Å²) in [4.78, 5) is 8.37. The van der Waals surface area contributed by atoms with Crippen LogP contribution in [-0.2, 0) is 6.54 Å². The van der Waals surface area contributed by atoms with Crippen LogP contribution in [0.4, 0.5) is 4.39 Å². The van der Waals surface area contributed by atoms with Gasteiger partial charge in [0.1, 0.15) is 0 Å². The van der Waals surface area contributed by atoms with Crippen LogP contribution in [0.2, 0.25) is 0 Å². The topological polar surface area (TPSA) is 47.0 Å². The molecule has 0 aliphatic heterocycles. The molecule has 0 aliphatic carbocycles. The number of hydrogen-bond donors (Lipinski definition) is 1. The minimum absolute atomic E-state index is 0.142. The van der Waals surface area contributed by atoms with Gasteiger partial charge in [0.25, 0.3) is 0 Å². The molecular weight excluding hydrogens is 257 g/mol. The number of halogens is 1. The van der Waals surface area contributed by atoms with Gasteiger partial charge in [0.15, 0.2) is 11.6 Å². The molecule has 0 fully saturated rings. The number of nitrogens with one attached hydrogen (secondary N) is 1. The highest BCUT2D eigenvalue weighted by atomic mass is 19.1. The molecule has 1 N–H and O–H groups in total. The third-order valence-electron chi connectivity index (χ3n) is 2.91. The minimum atomic E-state index is -0.423. The van der Waals surface area contributed by atoms with Crippen molar-refractivity contribution in [3.05, 3.63) is 47.0 Å². The van der Waals surface area contributed by atoms with Crippen molar-refractivity contribution in [1.29, 1.82) is 0 Å². The van der Waals surface area contributed by atoms with Gasteiger partial charge in [0, 0.05) is 24.0 Å². The lowest BCUT2D eigenvalue weighted by Gasteiger charge is -2.09. The molecule has 0 spiro atoms. The number of hydrogen-bond acceptors (Lipinski definition) is 4. The molecule has 0 bridgehead atoms. The Kier molecular flexibility index (Phi) is 4.63. The first-order chi connectivity index (χ1) is 9.60. The average molecular weight is 275 g/mol. The highest BCUT2D eigenvalue weighted by Crippen LogP contribution is 2.23. The molecule has 0 atom stereocenters. The highest BCUT2D eigenvalue weighted by molar-refractivity contribution is 5.31. The van der Waals surface area contributed by atoms with Crippen molar-refractivity contribution in [2.45, 2.75) is 27.3 Å². The number of aromatic nitrogens is 2. The highest BCUT2D eigenvalue weighted by Gasteiger charge is 2.09. The van der Waals surface area contributed by atoms with E-state index in [0.29, 0.717) is 6.54 Å². The number of nitrogens with zero attached hydrogens (tertiary/aromatic N) is 2. The predicted molar refractivity (Wildman–Crippen MR) is 75.4 cm³/mol. The van der Waals surface area contributed by atoms with Crippen LogP contribution in [0.15, 0.2) is 24.4 Å². The second kappa shape index (κ2) is 6.43. The lowest BCUT2D eigenvalue weighted by molar-refractivity contribution is 0.408. The normalized spacial score (nSPS) is 10.6. The van der Waals surface area contributed by atoms with E-state index in [2.05, 4.69) is 15.3 Å². The Hall–Kier alpha value is -2.01. The second-order valence-corrected chi connectivity index (χ2v) is 4.58. The Morgan fingerprint density at radius 3 is 2.80 bits per heavy atom. The van der Waals surface area contributed by atoms with Gasteiger partial charge in [-0.25, -0.2) is 9.37 Å². The first-order valence-corrected chi connectivity index (χ1v) is 6.57. The van der Waals surface area contributed by atoms with Crippen molar-refractivity contribution in [2.75, 3.05) is 6.54 Å². The Morgan fingerprint density at radius 1 is 1.30 bits per heavy atom. The van der Waals surface area contributed by atoms with Crippen LogP contribution >= 0.6 is 0 Å². The van der Waals surface area contributed by atoms with Gasteiger partial charge in [0.2, 0.25) is 0 Å². The summed E-state index contributed by atoms with van der Waals surface area (Å²) in [5.41, 5.74) is 2.75. The van der Waals surface area contributed by atoms with E-state index in [9.17, 15) is 4.39 Å². The molecular formula is C15H18FN3O. The summed E-state index contributed by atoms with van der Waals surface area (Å²) in [6.45, 7) is 7.38. The Bertz CT molecular complexity index is 602. The van der Waals surface area contributed by atoms with E-state index < -0.39 is 5.82 Å². The largest absolute Gasteiger partial charge is 0.421 e. The van der Waals surface area contributed by atoms with E-state index in [-0.39, 0.29) is 11.8 Å². The zero-order chi connectivity index (χ0) is 14.5. The van der Waals surface area contributed by atoms with E-state index in [1.165, 1.54) is 6.07 Å². The molecule has 106 valence electrons. The first kappa shape index (κ1) is 14.4. The van der Waals surface area contributed by atoms with Gasteiger partial charge in [-0.05, 0) is 38.1 Å². The number of ether oxygens (including phenoxy) is 1. The zero-order valence-electron chi connectivity index (χ0n) is 11.9. The summed E-state index contributed by atoms with van der Waals surface area (Å²) < 4.78 is 19.0. The van der Waals surface area contributed by atoms with Crippen LogP contribution in [-0.4, -0.2) is 16.5 Å². The van der Waals surface area contributed by atoms with Gasteiger partial charge in [-0.2, -0.15) is 4.98 Å². The van der Waals surface area contributed by atoms with Crippen LogP contribution in [0.1, 0.15) is 23.7 Å². The van der Waals surface area contributed by atoms with Crippen molar-refractivity contribution in [2.24, 2.45) is 0 Å². The van der Waals surface area contributed by atoms with Crippen LogP contribution in [0.5, 0.6) is 11.8 Å². The fraction of sp³-hybridized carbons (Fsp3) is 0.333. The summed E-state index contributed by atoms with van der Waals surface area (Å²) in [5, 5.41) is 3.21. The number of rotatable bonds is 5. The third kappa shape index (κ3) is 3.51. The van der Waals surface area contributed by atoms with Crippen LogP contribution in [0.25, 0.3) is 0 Å². The van der Waals surface area contributed by atoms with Crippen molar-refractivity contribution in [1.82, 2.24) is 15.3 Å². The predicted octanol–water partition coefficient (Wildman–Crippen LogP) is 3.13. The molecule has 0 amide bonds. The summed E-state index contributed by atoms with van der Waals surface area (Å²) in [6.07, 6.45) is 1.70. The molecule has 0 radical (unpaired) electrons. The van der Waals surface area contributed by atoms with Crippen LogP contribution in [0, 0.1) is 19.7 Å². The Balaban J connectivity index is 2.17. The average Bonchev–Trinajstić information content (AvgIpc) is 2.42. The van der Waals surface area contributed by atoms with Crippen molar-refractivity contribution < 1.29 is 9.13 Å². The lowest BCUT2D eigenvalue weighted by atomic mass is 10.2. The van der Waals surface area contributed by atoms with Gasteiger partial charge in [-0.15, -0.1) is 0 Å². The molecule has 0 saturated carbocycles. The number of benzene rings is 1. The maximum Gasteiger partial charge on any atom is 0.322 e. The fourth-order valence-electron chi connectivity index (χ4n) is 1.74. The molecule has 1 aromatic heterocycles. The molecule has 20 heavy (non-hydrogen) atoms. The molecule has 0 saturated heterocycles. The summed E-state index contributed by atoms with van der Waals surface area (Å²) >= 11 is 0. The van der Waals surface area contributed by atoms with Gasteiger partial charge in [-0.3, -0.25) is 0 Å². The molecule has 5 heteroatoms. The van der Waals surface area contributed by atoms with E-state index in [0.717, 1.165) is 23.4 Å². The molecule has 2 rings (SSSR count). The van der Waals surface area contributed by atoms with Crippen LogP contribution < -0.4 is 10.1 Å². The fourth-order valence-corrected chi connectivity index (χ4v) is 1.74. The molecule has 2 aromatic rings. The molecule has 1 aromatic carbocycles. The van der Waals surface area contributed by atoms with Gasteiger partial charge < -0.3 is 10.1 Å². The van der Waals surface area contributed by atoms with E-state index >= 15 is 0 Å². The van der Waals surface area contributed by atoms with Crippen LogP contribution in [0.3, 0.4) is 0 Å². The van der Waals surface area contributed by atoms with Crippen molar-refractivity contribution >= 4 is 0 Å². The third-order valence-corrected chi connectivity index (χ3v) is 2.91. The molecule has 0 aliphatic rings. The smallest absolute Gasteiger partial charge is 0.322 e. The number of aryl methyl sites for hydroxylation is 2. The molecule has 0 unspecified atom stereocenters. The minimum Gasteiger partial charge on any atom is -0.421 e. The Labute approximate surface area is 118 Å². The van der Waals surface area contributed by atoms with E-state index in [4.69, 9.17) is 4.74 Å². The maximum absolute atomic E-state index is 13.6. The van der Waals surface area contributed by atoms with Gasteiger partial charge >= 0.3 is 6.01 Å². The SMILES string of the molecule is CCNCc1cnc(Oc2cc(C)ccc2F)nc1C. The maximum atomic E-state index is 13.6. The van der Waals surface area contributed by atoms with E-state index in [1.54, 1.807) is 18.3 Å². The van der Waals surface area contributed by atoms with E-state index in [1.807, 2.05) is 20.8 Å². The zero-order valence-corrected chi connectivity index (χ0v) is 11.9. The molecule has 4 nitrogen and oxygen atoms in total. The molecule has 1 heterocycles. The van der Waals surface area contributed by atoms with Crippen molar-refractivity contribution in [3.63, 3.8) is 0 Å². The monoisotopic (exact) mass is 275 g/mol. The summed E-state index contributed by atoms with van der Waals surface area (Å²) in [5.74, 6) is -0.280. The quantitative estimate of drug-likeness (QED) is 0.910. The lowest BCUT2D eigenvalue weighted by Crippen LogP contribution is -2.13. The Morgan fingerprint density at radius 2 is 2.10 bits per heavy atom. The summed E-state index contributed by atoms with van der Waals surface area (Å²) in [6, 6.07) is 4.85.